The smallest absolute Gasteiger partial charge is 0.229 e. The normalized spacial score (nSPS) is 21.6. The number of rotatable bonds is 5. The highest BCUT2D eigenvalue weighted by Gasteiger charge is 2.26. The highest BCUT2D eigenvalue weighted by Crippen LogP contribution is 2.27. The van der Waals surface area contributed by atoms with E-state index in [1.54, 1.807) is 0 Å². The fourth-order valence-corrected chi connectivity index (χ4v) is 3.21. The van der Waals surface area contributed by atoms with Gasteiger partial charge in [0.25, 0.3) is 0 Å². The Morgan fingerprint density at radius 3 is 2.73 bits per heavy atom. The molecular weight excluding hydrogens is 309 g/mol. The lowest BCUT2D eigenvalue weighted by Crippen LogP contribution is -2.28. The Balaban J connectivity index is 2.03. The SMILES string of the molecule is CS(=O)(=O)Nc1cc(NC(=O)C[C@@H]2CCC[C@H]2N)ccc1F. The fourth-order valence-electron chi connectivity index (χ4n) is 2.65. The van der Waals surface area contributed by atoms with Crippen LogP contribution in [0.25, 0.3) is 0 Å². The first kappa shape index (κ1) is 16.7. The molecule has 1 amide bonds. The highest BCUT2D eigenvalue weighted by molar-refractivity contribution is 7.92. The molecule has 2 rings (SSSR count). The van der Waals surface area contributed by atoms with E-state index < -0.39 is 15.8 Å². The zero-order valence-corrected chi connectivity index (χ0v) is 13.1. The van der Waals surface area contributed by atoms with Crippen molar-refractivity contribution in [1.82, 2.24) is 0 Å². The fraction of sp³-hybridized carbons (Fsp3) is 0.500. The molecule has 0 aliphatic heterocycles. The van der Waals surface area contributed by atoms with Crippen LogP contribution in [0.4, 0.5) is 15.8 Å². The average Bonchev–Trinajstić information content (AvgIpc) is 2.77. The van der Waals surface area contributed by atoms with Crippen molar-refractivity contribution in [3.05, 3.63) is 24.0 Å². The van der Waals surface area contributed by atoms with Crippen LogP contribution in [-0.4, -0.2) is 26.6 Å². The number of hydrogen-bond donors (Lipinski definition) is 3. The lowest BCUT2D eigenvalue weighted by Gasteiger charge is -2.15. The largest absolute Gasteiger partial charge is 0.327 e. The summed E-state index contributed by atoms with van der Waals surface area (Å²) >= 11 is 0. The Kier molecular flexibility index (Phi) is 5.02. The number of hydrogen-bond acceptors (Lipinski definition) is 4. The molecule has 22 heavy (non-hydrogen) atoms. The van der Waals surface area contributed by atoms with Gasteiger partial charge in [-0.1, -0.05) is 6.42 Å². The van der Waals surface area contributed by atoms with Gasteiger partial charge in [0.05, 0.1) is 11.9 Å². The molecule has 8 heteroatoms. The minimum Gasteiger partial charge on any atom is -0.327 e. The van der Waals surface area contributed by atoms with Gasteiger partial charge in [0, 0.05) is 18.2 Å². The van der Waals surface area contributed by atoms with E-state index >= 15 is 0 Å². The molecule has 122 valence electrons. The minimum atomic E-state index is -3.59. The minimum absolute atomic E-state index is 0.0430. The maximum absolute atomic E-state index is 13.6. The summed E-state index contributed by atoms with van der Waals surface area (Å²) in [6.07, 6.45) is 4.13. The third kappa shape index (κ3) is 4.67. The molecule has 4 N–H and O–H groups in total. The predicted octanol–water partition coefficient (Wildman–Crippen LogP) is 1.65. The number of anilines is 2. The van der Waals surface area contributed by atoms with Crippen molar-refractivity contribution in [3.63, 3.8) is 0 Å². The van der Waals surface area contributed by atoms with Crippen LogP contribution in [0, 0.1) is 11.7 Å². The summed E-state index contributed by atoms with van der Waals surface area (Å²) in [6.45, 7) is 0. The molecule has 0 unspecified atom stereocenters. The molecular formula is C14H20FN3O3S. The second-order valence-corrected chi connectivity index (χ2v) is 7.42. The zero-order chi connectivity index (χ0) is 16.3. The van der Waals surface area contributed by atoms with Crippen LogP contribution in [0.15, 0.2) is 18.2 Å². The van der Waals surface area contributed by atoms with Gasteiger partial charge in [-0.05, 0) is 37.0 Å². The van der Waals surface area contributed by atoms with Gasteiger partial charge in [-0.25, -0.2) is 12.8 Å². The second kappa shape index (κ2) is 6.62. The van der Waals surface area contributed by atoms with Gasteiger partial charge in [-0.3, -0.25) is 9.52 Å². The number of halogens is 1. The van der Waals surface area contributed by atoms with Crippen LogP contribution in [0.1, 0.15) is 25.7 Å². The molecule has 0 bridgehead atoms. The Hall–Kier alpha value is -1.67. The number of amides is 1. The standard InChI is InChI=1S/C14H20FN3O3S/c1-22(20,21)18-13-8-10(5-6-11(13)15)17-14(19)7-9-3-2-4-12(9)16/h5-6,8-9,12,18H,2-4,7,16H2,1H3,(H,17,19)/t9-,12+/m0/s1. The van der Waals surface area contributed by atoms with Crippen molar-refractivity contribution in [2.45, 2.75) is 31.7 Å². The number of sulfonamides is 1. The maximum atomic E-state index is 13.6. The molecule has 0 heterocycles. The van der Waals surface area contributed by atoms with Crippen molar-refractivity contribution < 1.29 is 17.6 Å². The molecule has 0 saturated heterocycles. The molecule has 2 atom stereocenters. The zero-order valence-electron chi connectivity index (χ0n) is 12.3. The van der Waals surface area contributed by atoms with Crippen LogP contribution < -0.4 is 15.8 Å². The predicted molar refractivity (Wildman–Crippen MR) is 83.4 cm³/mol. The van der Waals surface area contributed by atoms with Gasteiger partial charge in [0.1, 0.15) is 5.82 Å². The van der Waals surface area contributed by atoms with Gasteiger partial charge in [0.15, 0.2) is 0 Å². The average molecular weight is 329 g/mol. The summed E-state index contributed by atoms with van der Waals surface area (Å²) < 4.78 is 38.0. The van der Waals surface area contributed by atoms with Crippen molar-refractivity contribution in [1.29, 1.82) is 0 Å². The lowest BCUT2D eigenvalue weighted by atomic mass is 10.00. The summed E-state index contributed by atoms with van der Waals surface area (Å²) in [5, 5.41) is 2.65. The molecule has 1 fully saturated rings. The lowest BCUT2D eigenvalue weighted by molar-refractivity contribution is -0.117. The molecule has 6 nitrogen and oxygen atoms in total. The third-order valence-electron chi connectivity index (χ3n) is 3.71. The van der Waals surface area contributed by atoms with E-state index in [4.69, 9.17) is 5.73 Å². The van der Waals surface area contributed by atoms with Gasteiger partial charge < -0.3 is 11.1 Å². The third-order valence-corrected chi connectivity index (χ3v) is 4.30. The Morgan fingerprint density at radius 2 is 2.14 bits per heavy atom. The topological polar surface area (TPSA) is 101 Å². The van der Waals surface area contributed by atoms with Crippen LogP contribution >= 0.6 is 0 Å². The first-order chi connectivity index (χ1) is 10.2. The molecule has 1 aromatic rings. The summed E-state index contributed by atoms with van der Waals surface area (Å²) in [5.41, 5.74) is 6.07. The monoisotopic (exact) mass is 329 g/mol. The molecule has 1 saturated carbocycles. The van der Waals surface area contributed by atoms with Crippen LogP contribution in [0.5, 0.6) is 0 Å². The van der Waals surface area contributed by atoms with Crippen molar-refractivity contribution in [3.8, 4) is 0 Å². The Bertz CT molecular complexity index is 663. The van der Waals surface area contributed by atoms with Crippen LogP contribution in [0.3, 0.4) is 0 Å². The van der Waals surface area contributed by atoms with Crippen molar-refractivity contribution >= 4 is 27.3 Å². The number of carbonyl (C=O) groups excluding carboxylic acids is 1. The molecule has 1 aliphatic carbocycles. The maximum Gasteiger partial charge on any atom is 0.229 e. The number of nitrogens with one attached hydrogen (secondary N) is 2. The highest BCUT2D eigenvalue weighted by atomic mass is 32.2. The van der Waals surface area contributed by atoms with Gasteiger partial charge >= 0.3 is 0 Å². The summed E-state index contributed by atoms with van der Waals surface area (Å²) in [4.78, 5) is 12.0. The van der Waals surface area contributed by atoms with Gasteiger partial charge in [-0.15, -0.1) is 0 Å². The number of benzene rings is 1. The van der Waals surface area contributed by atoms with E-state index in [1.807, 2.05) is 0 Å². The van der Waals surface area contributed by atoms with Crippen molar-refractivity contribution in [2.24, 2.45) is 11.7 Å². The van der Waals surface area contributed by atoms with E-state index in [0.29, 0.717) is 12.1 Å². The van der Waals surface area contributed by atoms with Crippen LogP contribution in [-0.2, 0) is 14.8 Å². The Labute approximate surface area is 129 Å². The van der Waals surface area contributed by atoms with E-state index in [2.05, 4.69) is 10.0 Å². The molecule has 0 spiro atoms. The Morgan fingerprint density at radius 1 is 1.41 bits per heavy atom. The van der Waals surface area contributed by atoms with Gasteiger partial charge in [-0.2, -0.15) is 0 Å². The molecule has 1 aromatic carbocycles. The molecule has 1 aliphatic rings. The van der Waals surface area contributed by atoms with Crippen molar-refractivity contribution in [2.75, 3.05) is 16.3 Å². The summed E-state index contributed by atoms with van der Waals surface area (Å²) in [7, 11) is -3.59. The molecule has 0 radical (unpaired) electrons. The number of nitrogens with two attached hydrogens (primary N) is 1. The number of carbonyl (C=O) groups is 1. The van der Waals surface area contributed by atoms with Gasteiger partial charge in [0.2, 0.25) is 15.9 Å². The van der Waals surface area contributed by atoms with E-state index in [1.165, 1.54) is 12.1 Å². The molecule has 0 aromatic heterocycles. The van der Waals surface area contributed by atoms with E-state index in [-0.39, 0.29) is 23.6 Å². The van der Waals surface area contributed by atoms with Crippen LogP contribution in [0.2, 0.25) is 0 Å². The van der Waals surface area contributed by atoms with E-state index in [0.717, 1.165) is 31.6 Å². The first-order valence-electron chi connectivity index (χ1n) is 7.07. The quantitative estimate of drug-likeness (QED) is 0.764. The summed E-state index contributed by atoms with van der Waals surface area (Å²) in [6, 6.07) is 3.78. The first-order valence-corrected chi connectivity index (χ1v) is 8.96. The summed E-state index contributed by atoms with van der Waals surface area (Å²) in [5.74, 6) is -0.755. The van der Waals surface area contributed by atoms with E-state index in [9.17, 15) is 17.6 Å². The second-order valence-electron chi connectivity index (χ2n) is 5.68.